The summed E-state index contributed by atoms with van der Waals surface area (Å²) in [5.74, 6) is 0. The number of benzene rings is 6. The summed E-state index contributed by atoms with van der Waals surface area (Å²) in [6, 6.07) is 41.1. The van der Waals surface area contributed by atoms with E-state index in [0.29, 0.717) is 0 Å². The van der Waals surface area contributed by atoms with E-state index in [4.69, 9.17) is 0 Å². The van der Waals surface area contributed by atoms with E-state index in [1.807, 2.05) is 0 Å². The monoisotopic (exact) mass is 1450 g/mol. The molecule has 0 spiro atoms. The third-order valence-electron chi connectivity index (χ3n) is 21.6. The maximum absolute atomic E-state index is 2.68. The summed E-state index contributed by atoms with van der Waals surface area (Å²) in [6.07, 6.45) is 1.96. The molecule has 0 N–H and O–H groups in total. The second kappa shape index (κ2) is 27.1. The quantitative estimate of drug-likeness (QED) is 0.127. The van der Waals surface area contributed by atoms with Gasteiger partial charge in [0.15, 0.2) is 0 Å². The fraction of sp³-hybridized carbons (Fsp3) is 0.592. The van der Waals surface area contributed by atoms with Crippen LogP contribution >= 0.6 is 30.2 Å². The summed E-state index contributed by atoms with van der Waals surface area (Å²) in [5.41, 5.74) is 29.2. The average Bonchev–Trinajstić information content (AvgIpc) is 0.694. The molecule has 0 saturated heterocycles. The van der Waals surface area contributed by atoms with Crippen molar-refractivity contribution in [1.29, 1.82) is 0 Å². The number of hydrogen-bond acceptors (Lipinski definition) is 0. The normalized spacial score (nSPS) is 17.8. The summed E-state index contributed by atoms with van der Waals surface area (Å²) >= 11 is 0. The molecule has 0 unspecified atom stereocenters. The van der Waals surface area contributed by atoms with Gasteiger partial charge in [-0.3, -0.25) is 0 Å². The van der Waals surface area contributed by atoms with E-state index < -0.39 is 30.2 Å². The number of hydrogen-bond donors (Lipinski definition) is 0. The Morgan fingerprint density at radius 2 is 0.363 bits per heavy atom. The Morgan fingerprint density at radius 1 is 0.206 bits per heavy atom. The molecule has 2 aliphatic rings. The Bertz CT molecular complexity index is 3770. The molecule has 0 aromatic heterocycles. The van der Waals surface area contributed by atoms with E-state index in [2.05, 4.69) is 388 Å². The van der Waals surface area contributed by atoms with Crippen molar-refractivity contribution in [3.63, 3.8) is 0 Å². The third kappa shape index (κ3) is 17.1. The standard InChI is InChI=1S/C98H146P4/c1-85(2,3)63-51-69(89(13,14)15)77(70(52-63)90(16,17)18)81-99(82(101(81)97(37,38)39)78-71(91(19,20)21)53-64(86(4,5)6)54-72(78)92(22,23)24)59-61-47-43-45-49-67(61)68-50-46-44-48-62(68)60-100-83(79-73(93(25,26)27)55-65(87(7,8)9)56-74(79)94(28,29)30)102(98(40,41)42)84(100)80-75(95(31,32)33)57-66(88(10,11)12)58-76(80)96(34,35)36/h43-58H,59-60H2,1-42H3. The lowest BCUT2D eigenvalue weighted by atomic mass is 9.72. The molecule has 0 atom stereocenters. The Morgan fingerprint density at radius 3 is 0.500 bits per heavy atom. The van der Waals surface area contributed by atoms with Crippen LogP contribution in [0.2, 0.25) is 0 Å². The van der Waals surface area contributed by atoms with Gasteiger partial charge in [0, 0.05) is 32.5 Å². The lowest BCUT2D eigenvalue weighted by molar-refractivity contribution is 0.546. The van der Waals surface area contributed by atoms with Gasteiger partial charge in [-0.2, -0.15) is 0 Å². The molecule has 6 aromatic rings. The van der Waals surface area contributed by atoms with Crippen molar-refractivity contribution >= 4 is 50.3 Å². The largest absolute Gasteiger partial charge is 0.103 e. The maximum Gasteiger partial charge on any atom is 0.0129 e. The van der Waals surface area contributed by atoms with E-state index in [-0.39, 0.29) is 75.3 Å². The molecule has 0 nitrogen and oxygen atoms in total. The van der Waals surface area contributed by atoms with Gasteiger partial charge in [0.25, 0.3) is 0 Å². The highest BCUT2D eigenvalue weighted by molar-refractivity contribution is 8.16. The molecular formula is C98H146P4. The minimum Gasteiger partial charge on any atom is -0.103 e. The highest BCUT2D eigenvalue weighted by atomic mass is 31.2. The molecule has 0 amide bonds. The van der Waals surface area contributed by atoms with Crippen LogP contribution in [0.3, 0.4) is 0 Å². The first-order chi connectivity index (χ1) is 45.5. The Labute approximate surface area is 632 Å². The maximum atomic E-state index is 2.68. The summed E-state index contributed by atoms with van der Waals surface area (Å²) < 4.78 is 0. The molecule has 2 aliphatic heterocycles. The second-order valence-electron chi connectivity index (χ2n) is 45.6. The van der Waals surface area contributed by atoms with Crippen LogP contribution in [0.5, 0.6) is 0 Å². The van der Waals surface area contributed by atoms with Crippen molar-refractivity contribution in [2.75, 3.05) is 0 Å². The van der Waals surface area contributed by atoms with Gasteiger partial charge in [-0.15, -0.1) is 14.3 Å². The first-order valence-corrected chi connectivity index (χ1v) is 44.8. The molecule has 102 heavy (non-hydrogen) atoms. The molecule has 0 aliphatic carbocycles. The minimum atomic E-state index is -0.927. The minimum absolute atomic E-state index is 0.0161. The summed E-state index contributed by atoms with van der Waals surface area (Å²) in [4.78, 5) is 0. The van der Waals surface area contributed by atoms with E-state index in [1.165, 1.54) is 89.0 Å². The van der Waals surface area contributed by atoms with E-state index >= 15 is 0 Å². The van der Waals surface area contributed by atoms with Gasteiger partial charge in [-0.25, -0.2) is 0 Å². The Balaban J connectivity index is 1.63. The molecule has 8 rings (SSSR count). The van der Waals surface area contributed by atoms with Crippen LogP contribution in [0.25, 0.3) is 11.1 Å². The fourth-order valence-electron chi connectivity index (χ4n) is 15.5. The lowest BCUT2D eigenvalue weighted by Crippen LogP contribution is -2.35. The van der Waals surface area contributed by atoms with E-state index in [9.17, 15) is 0 Å². The molecule has 0 fully saturated rings. The predicted molar refractivity (Wildman–Crippen MR) is 473 cm³/mol. The van der Waals surface area contributed by atoms with Crippen molar-refractivity contribution in [2.45, 2.75) is 378 Å². The van der Waals surface area contributed by atoms with Gasteiger partial charge in [-0.1, -0.05) is 388 Å². The molecule has 0 radical (unpaired) electrons. The third-order valence-corrected chi connectivity index (χ3v) is 36.4. The molecule has 0 bridgehead atoms. The van der Waals surface area contributed by atoms with E-state index in [0.717, 1.165) is 12.3 Å². The molecule has 0 saturated carbocycles. The van der Waals surface area contributed by atoms with Gasteiger partial charge in [-0.05, 0) is 202 Å². The summed E-state index contributed by atoms with van der Waals surface area (Å²) in [5, 5.41) is 7.05. The topological polar surface area (TPSA) is 0 Å². The lowest BCUT2D eigenvalue weighted by Gasteiger charge is -2.48. The van der Waals surface area contributed by atoms with Crippen LogP contribution in [0, 0.1) is 0 Å². The zero-order chi connectivity index (χ0) is 77.9. The van der Waals surface area contributed by atoms with Crippen molar-refractivity contribution < 1.29 is 0 Å². The van der Waals surface area contributed by atoms with Crippen molar-refractivity contribution in [2.24, 2.45) is 0 Å². The molecular weight excluding hydrogens is 1300 g/mol. The van der Waals surface area contributed by atoms with Crippen LogP contribution < -0.4 is 0 Å². The molecule has 2 heterocycles. The Hall–Kier alpha value is -3.74. The van der Waals surface area contributed by atoms with Crippen LogP contribution in [0.15, 0.2) is 97.1 Å². The predicted octanol–water partition coefficient (Wildman–Crippen LogP) is 30.2. The zero-order valence-electron chi connectivity index (χ0n) is 73.4. The first-order valence-electron chi connectivity index (χ1n) is 39.1. The highest BCUT2D eigenvalue weighted by Crippen LogP contribution is 2.72. The van der Waals surface area contributed by atoms with Gasteiger partial charge in [0.05, 0.1) is 0 Å². The van der Waals surface area contributed by atoms with Gasteiger partial charge in [0.2, 0.25) is 0 Å². The average molecular weight is 1450 g/mol. The Kier molecular flexibility index (Phi) is 22.3. The van der Waals surface area contributed by atoms with Crippen molar-refractivity contribution in [1.82, 2.24) is 0 Å². The van der Waals surface area contributed by atoms with Crippen molar-refractivity contribution in [3.8, 4) is 11.1 Å². The number of rotatable bonds is 9. The van der Waals surface area contributed by atoms with Gasteiger partial charge >= 0.3 is 0 Å². The van der Waals surface area contributed by atoms with E-state index in [1.54, 1.807) is 42.4 Å². The fourth-order valence-corrected chi connectivity index (χ4v) is 33.9. The summed E-state index contributed by atoms with van der Waals surface area (Å²) in [7, 11) is -3.51. The van der Waals surface area contributed by atoms with Crippen LogP contribution in [0.4, 0.5) is 0 Å². The molecule has 6 aromatic carbocycles. The first kappa shape index (κ1) is 83.9. The van der Waals surface area contributed by atoms with Gasteiger partial charge in [0.1, 0.15) is 0 Å². The SMILES string of the molecule is CC(C)(C)c1cc(C(C)(C)C)c(C2=P(Cc3ccccc3-c3ccccc3CP3=C(c4c(C(C)(C)C)cc(C(C)(C)C)cc4C(C)(C)C)P(C(C)(C)C)C=3c3c(C(C)(C)C)cc(C(C)(C)C)cc3C(C)(C)C)=C(c3c(C(C)(C)C)cc(C(C)(C)C)cc3C(C)(C)C)P2C(C)(C)C)c(C(C)(C)C)c1. The molecule has 558 valence electrons. The van der Waals surface area contributed by atoms with Crippen molar-refractivity contribution in [3.05, 3.63) is 197 Å². The molecule has 4 heteroatoms. The van der Waals surface area contributed by atoms with Crippen LogP contribution in [0.1, 0.15) is 391 Å². The van der Waals surface area contributed by atoms with Crippen LogP contribution in [-0.2, 0) is 77.3 Å². The summed E-state index contributed by atoms with van der Waals surface area (Å²) in [6.45, 7) is 105. The van der Waals surface area contributed by atoms with Gasteiger partial charge < -0.3 is 0 Å². The highest BCUT2D eigenvalue weighted by Gasteiger charge is 2.50. The van der Waals surface area contributed by atoms with Crippen LogP contribution in [-0.4, -0.2) is 30.5 Å². The zero-order valence-corrected chi connectivity index (χ0v) is 77.0. The second-order valence-corrected chi connectivity index (χ2v) is 56.9. The smallest absolute Gasteiger partial charge is 0.0129 e.